The first-order valence-electron chi connectivity index (χ1n) is 7.98. The fourth-order valence-corrected chi connectivity index (χ4v) is 3.27. The van der Waals surface area contributed by atoms with E-state index in [1.165, 1.54) is 11.3 Å². The van der Waals surface area contributed by atoms with Gasteiger partial charge in [-0.3, -0.25) is 14.7 Å². The van der Waals surface area contributed by atoms with E-state index in [2.05, 4.69) is 75.7 Å². The Kier molecular flexibility index (Phi) is 3.50. The molecule has 0 saturated carbocycles. The summed E-state index contributed by atoms with van der Waals surface area (Å²) in [5.74, 6) is 0. The van der Waals surface area contributed by atoms with E-state index in [0.29, 0.717) is 0 Å². The first-order chi connectivity index (χ1) is 11.3. The molecule has 1 N–H and O–H groups in total. The fourth-order valence-electron chi connectivity index (χ4n) is 3.27. The van der Waals surface area contributed by atoms with Gasteiger partial charge in [-0.05, 0) is 36.6 Å². The van der Waals surface area contributed by atoms with Crippen molar-refractivity contribution in [3.05, 3.63) is 78.4 Å². The van der Waals surface area contributed by atoms with Crippen LogP contribution in [0.1, 0.15) is 23.7 Å². The lowest BCUT2D eigenvalue weighted by Gasteiger charge is -2.22. The van der Waals surface area contributed by atoms with Crippen molar-refractivity contribution < 1.29 is 0 Å². The highest BCUT2D eigenvalue weighted by Gasteiger charge is 2.23. The second-order valence-corrected chi connectivity index (χ2v) is 5.92. The summed E-state index contributed by atoms with van der Waals surface area (Å²) in [5.41, 5.74) is 4.87. The van der Waals surface area contributed by atoms with Gasteiger partial charge in [-0.15, -0.1) is 0 Å². The number of hydrogen-bond donors (Lipinski definition) is 1. The maximum absolute atomic E-state index is 4.28. The number of benzene rings is 1. The van der Waals surface area contributed by atoms with Crippen molar-refractivity contribution in [2.24, 2.45) is 0 Å². The minimum atomic E-state index is 0.262. The molecular formula is C19H20N4. The van der Waals surface area contributed by atoms with E-state index in [-0.39, 0.29) is 6.04 Å². The number of nitrogens with zero attached hydrogens (tertiary/aromatic N) is 3. The van der Waals surface area contributed by atoms with Crippen LogP contribution in [0.3, 0.4) is 0 Å². The molecule has 0 spiro atoms. The summed E-state index contributed by atoms with van der Waals surface area (Å²) in [6.07, 6.45) is 7.94. The van der Waals surface area contributed by atoms with E-state index in [1.807, 2.05) is 18.5 Å². The van der Waals surface area contributed by atoms with Crippen LogP contribution in [0.4, 0.5) is 11.4 Å². The summed E-state index contributed by atoms with van der Waals surface area (Å²) in [4.78, 5) is 4.28. The van der Waals surface area contributed by atoms with Crippen LogP contribution in [0.15, 0.2) is 67.1 Å². The summed E-state index contributed by atoms with van der Waals surface area (Å²) in [5, 5.41) is 5.85. The van der Waals surface area contributed by atoms with Crippen molar-refractivity contribution in [1.29, 1.82) is 0 Å². The molecule has 4 nitrogen and oxygen atoms in total. The maximum Gasteiger partial charge on any atom is 0.0837 e. The van der Waals surface area contributed by atoms with Crippen LogP contribution in [0.2, 0.25) is 0 Å². The zero-order valence-corrected chi connectivity index (χ0v) is 13.2. The average Bonchev–Trinajstić information content (AvgIpc) is 3.05. The maximum atomic E-state index is 4.28. The normalized spacial score (nSPS) is 16.2. The highest BCUT2D eigenvalue weighted by atomic mass is 15.5. The fraction of sp³-hybridized carbons (Fsp3) is 0.211. The first-order valence-corrected chi connectivity index (χ1v) is 7.98. The van der Waals surface area contributed by atoms with Crippen molar-refractivity contribution in [2.45, 2.75) is 18.9 Å². The van der Waals surface area contributed by atoms with Gasteiger partial charge in [0, 0.05) is 19.4 Å². The topological polar surface area (TPSA) is 33.1 Å². The van der Waals surface area contributed by atoms with Crippen LogP contribution in [0, 0.1) is 0 Å². The minimum absolute atomic E-state index is 0.262. The van der Waals surface area contributed by atoms with Gasteiger partial charge < -0.3 is 5.32 Å². The summed E-state index contributed by atoms with van der Waals surface area (Å²) < 4.78 is 2.22. The van der Waals surface area contributed by atoms with Gasteiger partial charge in [0.15, 0.2) is 0 Å². The molecule has 3 aromatic rings. The molecule has 3 heterocycles. The molecule has 1 aromatic carbocycles. The molecule has 1 aliphatic rings. The SMILES string of the molecule is CN1c2ccncc2NC(CCc2ccccc2)c2cccn21. The third kappa shape index (κ3) is 2.57. The molecule has 1 atom stereocenters. The van der Waals surface area contributed by atoms with Crippen molar-refractivity contribution in [1.82, 2.24) is 9.66 Å². The molecule has 116 valence electrons. The largest absolute Gasteiger partial charge is 0.374 e. The van der Waals surface area contributed by atoms with Crippen LogP contribution >= 0.6 is 0 Å². The van der Waals surface area contributed by atoms with Gasteiger partial charge in [0.25, 0.3) is 0 Å². The number of aromatic nitrogens is 2. The number of aryl methyl sites for hydroxylation is 1. The predicted molar refractivity (Wildman–Crippen MR) is 93.6 cm³/mol. The Labute approximate surface area is 136 Å². The predicted octanol–water partition coefficient (Wildman–Crippen LogP) is 3.88. The highest BCUT2D eigenvalue weighted by molar-refractivity contribution is 5.70. The Morgan fingerprint density at radius 1 is 1.09 bits per heavy atom. The lowest BCUT2D eigenvalue weighted by Crippen LogP contribution is -2.25. The summed E-state index contributed by atoms with van der Waals surface area (Å²) >= 11 is 0. The van der Waals surface area contributed by atoms with E-state index >= 15 is 0 Å². The number of rotatable bonds is 3. The Hall–Kier alpha value is -2.75. The monoisotopic (exact) mass is 304 g/mol. The van der Waals surface area contributed by atoms with Gasteiger partial charge in [0.2, 0.25) is 0 Å². The highest BCUT2D eigenvalue weighted by Crippen LogP contribution is 2.34. The third-order valence-corrected chi connectivity index (χ3v) is 4.48. The van der Waals surface area contributed by atoms with E-state index in [9.17, 15) is 0 Å². The van der Waals surface area contributed by atoms with E-state index < -0.39 is 0 Å². The van der Waals surface area contributed by atoms with E-state index in [4.69, 9.17) is 0 Å². The molecular weight excluding hydrogens is 284 g/mol. The molecule has 0 bridgehead atoms. The molecule has 4 heteroatoms. The quantitative estimate of drug-likeness (QED) is 0.797. The lowest BCUT2D eigenvalue weighted by molar-refractivity contribution is 0.632. The van der Waals surface area contributed by atoms with Gasteiger partial charge >= 0.3 is 0 Å². The lowest BCUT2D eigenvalue weighted by atomic mass is 10.0. The van der Waals surface area contributed by atoms with Crippen LogP contribution in [-0.2, 0) is 6.42 Å². The van der Waals surface area contributed by atoms with E-state index in [0.717, 1.165) is 24.2 Å². The van der Waals surface area contributed by atoms with Gasteiger partial charge in [0.1, 0.15) is 0 Å². The van der Waals surface area contributed by atoms with Crippen molar-refractivity contribution in [2.75, 3.05) is 17.4 Å². The number of pyridine rings is 1. The Morgan fingerprint density at radius 2 is 1.96 bits per heavy atom. The van der Waals surface area contributed by atoms with Crippen LogP contribution in [0.25, 0.3) is 0 Å². The summed E-state index contributed by atoms with van der Waals surface area (Å²) in [6.45, 7) is 0. The molecule has 0 aliphatic carbocycles. The molecule has 4 rings (SSSR count). The number of anilines is 2. The minimum Gasteiger partial charge on any atom is -0.374 e. The van der Waals surface area contributed by atoms with Crippen LogP contribution in [-0.4, -0.2) is 16.7 Å². The second kappa shape index (κ2) is 5.80. The molecule has 2 aromatic heterocycles. The van der Waals surface area contributed by atoms with Gasteiger partial charge in [0.05, 0.1) is 29.3 Å². The van der Waals surface area contributed by atoms with Crippen LogP contribution in [0.5, 0.6) is 0 Å². The summed E-state index contributed by atoms with van der Waals surface area (Å²) in [6, 6.07) is 17.3. The molecule has 0 radical (unpaired) electrons. The molecule has 0 saturated heterocycles. The number of nitrogens with one attached hydrogen (secondary N) is 1. The first kappa shape index (κ1) is 13.9. The van der Waals surface area contributed by atoms with Crippen molar-refractivity contribution in [3.8, 4) is 0 Å². The Balaban J connectivity index is 1.66. The molecule has 0 fully saturated rings. The standard InChI is InChI=1S/C19H20N4/c1-22-18-11-12-20-14-17(18)21-16(19-8-5-13-23(19)22)10-9-15-6-3-2-4-7-15/h2-8,11-14,16,21H,9-10H2,1H3. The smallest absolute Gasteiger partial charge is 0.0837 e. The molecule has 1 unspecified atom stereocenters. The summed E-state index contributed by atoms with van der Waals surface area (Å²) in [7, 11) is 2.09. The second-order valence-electron chi connectivity index (χ2n) is 5.92. The Bertz CT molecular complexity index is 794. The molecule has 0 amide bonds. The van der Waals surface area contributed by atoms with Crippen molar-refractivity contribution in [3.63, 3.8) is 0 Å². The van der Waals surface area contributed by atoms with Gasteiger partial charge in [-0.25, -0.2) is 0 Å². The number of fused-ring (bicyclic) bond motifs is 2. The van der Waals surface area contributed by atoms with Crippen LogP contribution < -0.4 is 10.3 Å². The zero-order valence-electron chi connectivity index (χ0n) is 13.2. The number of hydrogen-bond acceptors (Lipinski definition) is 3. The van der Waals surface area contributed by atoms with Gasteiger partial charge in [-0.1, -0.05) is 30.3 Å². The van der Waals surface area contributed by atoms with E-state index in [1.54, 1.807) is 0 Å². The molecule has 1 aliphatic heterocycles. The average molecular weight is 304 g/mol. The van der Waals surface area contributed by atoms with Gasteiger partial charge in [-0.2, -0.15) is 0 Å². The Morgan fingerprint density at radius 3 is 2.83 bits per heavy atom. The molecule has 23 heavy (non-hydrogen) atoms. The van der Waals surface area contributed by atoms with Crippen molar-refractivity contribution >= 4 is 11.4 Å². The zero-order chi connectivity index (χ0) is 15.6. The third-order valence-electron chi connectivity index (χ3n) is 4.48.